The summed E-state index contributed by atoms with van der Waals surface area (Å²) >= 11 is 11.8. The summed E-state index contributed by atoms with van der Waals surface area (Å²) in [6, 6.07) is 13.1. The molecule has 3 aromatic rings. The number of rotatable bonds is 3. The van der Waals surface area contributed by atoms with E-state index in [1.54, 1.807) is 0 Å². The third-order valence-corrected chi connectivity index (χ3v) is 3.42. The monoisotopic (exact) mass is 291 g/mol. The highest BCUT2D eigenvalue weighted by molar-refractivity contribution is 6.31. The maximum Gasteiger partial charge on any atom is 0.119 e. The lowest BCUT2D eigenvalue weighted by Gasteiger charge is -2.05. The van der Waals surface area contributed by atoms with Gasteiger partial charge in [-0.25, -0.2) is 0 Å². The molecule has 0 amide bonds. The van der Waals surface area contributed by atoms with Crippen LogP contribution in [0.2, 0.25) is 10.0 Å². The van der Waals surface area contributed by atoms with Crippen LogP contribution in [0.3, 0.4) is 0 Å². The molecule has 0 unspecified atom stereocenters. The third kappa shape index (κ3) is 2.70. The molecule has 0 spiro atoms. The molecule has 4 heteroatoms. The number of fused-ring (bicyclic) bond motifs is 1. The molecule has 1 heterocycles. The molecule has 19 heavy (non-hydrogen) atoms. The van der Waals surface area contributed by atoms with Crippen LogP contribution < -0.4 is 4.74 Å². The van der Waals surface area contributed by atoms with Gasteiger partial charge >= 0.3 is 0 Å². The third-order valence-electron chi connectivity index (χ3n) is 2.94. The molecular weight excluding hydrogens is 281 g/mol. The maximum absolute atomic E-state index is 5.95. The lowest BCUT2D eigenvalue weighted by molar-refractivity contribution is 0.307. The number of H-pyrrole nitrogens is 1. The van der Waals surface area contributed by atoms with E-state index in [1.807, 2.05) is 48.7 Å². The second kappa shape index (κ2) is 5.16. The van der Waals surface area contributed by atoms with Crippen molar-refractivity contribution in [2.45, 2.75) is 6.61 Å². The minimum Gasteiger partial charge on any atom is -0.489 e. The lowest BCUT2D eigenvalue weighted by atomic mass is 10.2. The van der Waals surface area contributed by atoms with Crippen LogP contribution in [0.1, 0.15) is 5.56 Å². The van der Waals surface area contributed by atoms with E-state index >= 15 is 0 Å². The Bertz CT molecular complexity index is 704. The first kappa shape index (κ1) is 12.4. The molecule has 96 valence electrons. The zero-order chi connectivity index (χ0) is 13.2. The minimum atomic E-state index is 0.503. The molecule has 0 saturated carbocycles. The van der Waals surface area contributed by atoms with Gasteiger partial charge in [-0.3, -0.25) is 0 Å². The van der Waals surface area contributed by atoms with Crippen molar-refractivity contribution < 1.29 is 4.74 Å². The van der Waals surface area contributed by atoms with Crippen molar-refractivity contribution in [3.05, 3.63) is 64.3 Å². The first-order valence-electron chi connectivity index (χ1n) is 5.86. The van der Waals surface area contributed by atoms with Crippen LogP contribution in [0.15, 0.2) is 48.7 Å². The van der Waals surface area contributed by atoms with Gasteiger partial charge in [0.15, 0.2) is 0 Å². The largest absolute Gasteiger partial charge is 0.489 e. The van der Waals surface area contributed by atoms with Crippen LogP contribution in [-0.2, 0) is 6.61 Å². The summed E-state index contributed by atoms with van der Waals surface area (Å²) in [5.41, 5.74) is 2.11. The van der Waals surface area contributed by atoms with Crippen molar-refractivity contribution in [1.82, 2.24) is 4.98 Å². The minimum absolute atomic E-state index is 0.503. The van der Waals surface area contributed by atoms with Crippen molar-refractivity contribution >= 4 is 34.1 Å². The maximum atomic E-state index is 5.95. The fourth-order valence-electron chi connectivity index (χ4n) is 1.97. The highest BCUT2D eigenvalue weighted by atomic mass is 35.5. The average molecular weight is 292 g/mol. The number of nitrogens with one attached hydrogen (secondary N) is 1. The predicted molar refractivity (Wildman–Crippen MR) is 79.1 cm³/mol. The van der Waals surface area contributed by atoms with E-state index in [0.717, 1.165) is 27.2 Å². The molecule has 0 aliphatic heterocycles. The molecule has 0 aliphatic carbocycles. The quantitative estimate of drug-likeness (QED) is 0.717. The fraction of sp³-hybridized carbons (Fsp3) is 0.0667. The summed E-state index contributed by atoms with van der Waals surface area (Å²) in [5.74, 6) is 0.799. The summed E-state index contributed by atoms with van der Waals surface area (Å²) in [6.45, 7) is 0.503. The Balaban J connectivity index is 1.80. The first-order valence-corrected chi connectivity index (χ1v) is 6.62. The van der Waals surface area contributed by atoms with Crippen molar-refractivity contribution in [3.8, 4) is 5.75 Å². The van der Waals surface area contributed by atoms with Crippen LogP contribution in [-0.4, -0.2) is 4.98 Å². The van der Waals surface area contributed by atoms with E-state index in [1.165, 1.54) is 0 Å². The van der Waals surface area contributed by atoms with Crippen molar-refractivity contribution in [2.75, 3.05) is 0 Å². The Morgan fingerprint density at radius 2 is 1.68 bits per heavy atom. The Morgan fingerprint density at radius 3 is 2.47 bits per heavy atom. The van der Waals surface area contributed by atoms with Gasteiger partial charge in [-0.2, -0.15) is 0 Å². The smallest absolute Gasteiger partial charge is 0.119 e. The fourth-order valence-corrected chi connectivity index (χ4v) is 2.27. The summed E-state index contributed by atoms with van der Waals surface area (Å²) in [4.78, 5) is 3.19. The van der Waals surface area contributed by atoms with Gasteiger partial charge in [-0.15, -0.1) is 0 Å². The van der Waals surface area contributed by atoms with Crippen molar-refractivity contribution in [1.29, 1.82) is 0 Å². The molecule has 0 atom stereocenters. The average Bonchev–Trinajstić information content (AvgIpc) is 2.80. The lowest BCUT2D eigenvalue weighted by Crippen LogP contribution is -1.93. The standard InChI is InChI=1S/C15H11Cl2NO/c16-11-1-4-13(5-2-11)19-9-10-8-18-15-7-12(17)3-6-14(10)15/h1-8,18H,9H2. The van der Waals surface area contributed by atoms with Crippen LogP contribution >= 0.6 is 23.2 Å². The molecule has 2 nitrogen and oxygen atoms in total. The number of ether oxygens (including phenoxy) is 1. The first-order chi connectivity index (χ1) is 9.22. The summed E-state index contributed by atoms with van der Waals surface area (Å²) in [7, 11) is 0. The van der Waals surface area contributed by atoms with Gasteiger partial charge in [0, 0.05) is 32.7 Å². The SMILES string of the molecule is Clc1ccc(OCc2c[nH]c3cc(Cl)ccc23)cc1. The number of aromatic amines is 1. The molecule has 2 aromatic carbocycles. The summed E-state index contributed by atoms with van der Waals surface area (Å²) in [5, 5.41) is 2.55. The molecule has 1 aromatic heterocycles. The number of benzene rings is 2. The van der Waals surface area contributed by atoms with Crippen LogP contribution in [0, 0.1) is 0 Å². The summed E-state index contributed by atoms with van der Waals surface area (Å²) in [6.07, 6.45) is 1.94. The number of hydrogen-bond donors (Lipinski definition) is 1. The van der Waals surface area contributed by atoms with Gasteiger partial charge in [0.2, 0.25) is 0 Å². The van der Waals surface area contributed by atoms with Crippen LogP contribution in [0.4, 0.5) is 0 Å². The van der Waals surface area contributed by atoms with Gasteiger partial charge < -0.3 is 9.72 Å². The van der Waals surface area contributed by atoms with E-state index in [9.17, 15) is 0 Å². The molecule has 0 radical (unpaired) electrons. The van der Waals surface area contributed by atoms with Gasteiger partial charge in [0.05, 0.1) is 0 Å². The predicted octanol–water partition coefficient (Wildman–Crippen LogP) is 5.05. The van der Waals surface area contributed by atoms with Gasteiger partial charge in [-0.05, 0) is 36.4 Å². The zero-order valence-electron chi connectivity index (χ0n) is 9.99. The van der Waals surface area contributed by atoms with Gasteiger partial charge in [0.1, 0.15) is 12.4 Å². The highest BCUT2D eigenvalue weighted by Crippen LogP contribution is 2.23. The van der Waals surface area contributed by atoms with Gasteiger partial charge in [0.25, 0.3) is 0 Å². The Kier molecular flexibility index (Phi) is 3.36. The number of aromatic nitrogens is 1. The number of hydrogen-bond acceptors (Lipinski definition) is 1. The highest BCUT2D eigenvalue weighted by Gasteiger charge is 2.05. The zero-order valence-corrected chi connectivity index (χ0v) is 11.5. The van der Waals surface area contributed by atoms with Crippen LogP contribution in [0.25, 0.3) is 10.9 Å². The molecule has 0 bridgehead atoms. The van der Waals surface area contributed by atoms with E-state index in [2.05, 4.69) is 4.98 Å². The van der Waals surface area contributed by atoms with Crippen molar-refractivity contribution in [3.63, 3.8) is 0 Å². The Hall–Kier alpha value is -1.64. The molecule has 0 saturated heterocycles. The molecule has 0 aliphatic rings. The second-order valence-corrected chi connectivity index (χ2v) is 5.12. The van der Waals surface area contributed by atoms with Crippen LogP contribution in [0.5, 0.6) is 5.75 Å². The molecule has 3 rings (SSSR count). The topological polar surface area (TPSA) is 25.0 Å². The molecule has 0 fully saturated rings. The van der Waals surface area contributed by atoms with E-state index in [0.29, 0.717) is 11.6 Å². The van der Waals surface area contributed by atoms with Crippen molar-refractivity contribution in [2.24, 2.45) is 0 Å². The van der Waals surface area contributed by atoms with E-state index in [-0.39, 0.29) is 0 Å². The Morgan fingerprint density at radius 1 is 0.947 bits per heavy atom. The van der Waals surface area contributed by atoms with E-state index < -0.39 is 0 Å². The molecular formula is C15H11Cl2NO. The Labute approximate surface area is 120 Å². The molecule has 1 N–H and O–H groups in total. The number of halogens is 2. The summed E-state index contributed by atoms with van der Waals surface area (Å²) < 4.78 is 5.73. The van der Waals surface area contributed by atoms with Gasteiger partial charge in [-0.1, -0.05) is 29.3 Å². The van der Waals surface area contributed by atoms with E-state index in [4.69, 9.17) is 27.9 Å². The normalized spacial score (nSPS) is 10.8. The second-order valence-electron chi connectivity index (χ2n) is 4.25.